The molecule has 3 N–H and O–H groups in total. The maximum atomic E-state index is 14.8. The number of hydrogen-bond donors (Lipinski definition) is 2. The minimum Gasteiger partial charge on any atom is -0.772 e. The number of pyridine rings is 1. The van der Waals surface area contributed by atoms with Crippen molar-refractivity contribution in [2.45, 2.75) is 101 Å². The molecule has 3 amide bonds. The number of methoxy groups -OCH3 is 1. The molecule has 3 heterocycles. The summed E-state index contributed by atoms with van der Waals surface area (Å²) >= 11 is -1.76. The lowest BCUT2D eigenvalue weighted by Crippen LogP contribution is -2.51. The normalized spacial score (nSPS) is 29.6. The molecular weight excluding hydrogens is 773 g/mol. The van der Waals surface area contributed by atoms with Crippen LogP contribution in [0.5, 0.6) is 11.5 Å². The number of primary amides is 1. The van der Waals surface area contributed by atoms with Gasteiger partial charge in [-0.3, -0.25) is 23.4 Å². The summed E-state index contributed by atoms with van der Waals surface area (Å²) < 4.78 is 37.5. The van der Waals surface area contributed by atoms with Gasteiger partial charge >= 0.3 is 0 Å². The SMILES string of the molecule is COc1ccc2c(O[C@H]3CC4C(=O)[C@@H](CC(=O)N5CCOC(C)C5)CCCCC/C=C\[C@@H]5C[C@@]5(C(N)=O)NC(=O)[C@@H]4C3)cc(-c3ccccc3)nc2c1.O=S([O-])C1CC1. The van der Waals surface area contributed by atoms with Crippen molar-refractivity contribution in [3.05, 3.63) is 66.7 Å². The van der Waals surface area contributed by atoms with E-state index in [-0.39, 0.29) is 47.7 Å². The maximum Gasteiger partial charge on any atom is 0.243 e. The van der Waals surface area contributed by atoms with Crippen LogP contribution < -0.4 is 20.5 Å². The Bertz CT molecular complexity index is 2080. The van der Waals surface area contributed by atoms with Crippen LogP contribution in [0.2, 0.25) is 0 Å². The van der Waals surface area contributed by atoms with E-state index in [2.05, 4.69) is 11.4 Å². The van der Waals surface area contributed by atoms with E-state index in [9.17, 15) is 27.9 Å². The van der Waals surface area contributed by atoms with E-state index in [1.165, 1.54) is 0 Å². The Morgan fingerprint density at radius 1 is 1.05 bits per heavy atom. The number of rotatable bonds is 8. The molecule has 2 aromatic carbocycles. The lowest BCUT2D eigenvalue weighted by Gasteiger charge is -2.32. The Balaban J connectivity index is 0.000000808. The first-order chi connectivity index (χ1) is 28.4. The first-order valence-electron chi connectivity index (χ1n) is 21.0. The van der Waals surface area contributed by atoms with Crippen LogP contribution in [0.4, 0.5) is 0 Å². The van der Waals surface area contributed by atoms with Gasteiger partial charge in [0.1, 0.15) is 28.9 Å². The van der Waals surface area contributed by atoms with Crippen molar-refractivity contribution in [2.24, 2.45) is 29.4 Å². The average molecular weight is 828 g/mol. The van der Waals surface area contributed by atoms with Gasteiger partial charge in [0.05, 0.1) is 36.9 Å². The van der Waals surface area contributed by atoms with Crippen molar-refractivity contribution in [3.63, 3.8) is 0 Å². The number of morpholine rings is 1. The molecule has 1 aromatic heterocycles. The zero-order chi connectivity index (χ0) is 41.7. The summed E-state index contributed by atoms with van der Waals surface area (Å²) in [5.41, 5.74) is 7.06. The summed E-state index contributed by atoms with van der Waals surface area (Å²) in [5, 5.41) is 3.81. The largest absolute Gasteiger partial charge is 0.772 e. The topological polar surface area (TPSA) is 190 Å². The third-order valence-corrected chi connectivity index (χ3v) is 13.4. The molecule has 3 unspecified atom stereocenters. The van der Waals surface area contributed by atoms with Gasteiger partial charge in [-0.25, -0.2) is 4.98 Å². The molecule has 59 heavy (non-hydrogen) atoms. The van der Waals surface area contributed by atoms with Gasteiger partial charge in [-0.1, -0.05) is 66.4 Å². The zero-order valence-electron chi connectivity index (χ0n) is 33.8. The fourth-order valence-electron chi connectivity index (χ4n) is 8.73. The summed E-state index contributed by atoms with van der Waals surface area (Å²) in [5.74, 6) is -2.05. The number of amides is 3. The van der Waals surface area contributed by atoms with Crippen LogP contribution in [0.3, 0.4) is 0 Å². The van der Waals surface area contributed by atoms with Crippen LogP contribution >= 0.6 is 0 Å². The quantitative estimate of drug-likeness (QED) is 0.219. The molecular formula is C45H55N4O9S-. The summed E-state index contributed by atoms with van der Waals surface area (Å²) in [6.07, 6.45) is 10.4. The first-order valence-corrected chi connectivity index (χ1v) is 22.1. The molecule has 3 aromatic rings. The molecule has 13 nitrogen and oxygen atoms in total. The Morgan fingerprint density at radius 2 is 1.83 bits per heavy atom. The number of carbonyl (C=O) groups is 4. The number of allylic oxidation sites excluding steroid dienone is 1. The number of aromatic nitrogens is 1. The number of benzene rings is 2. The summed E-state index contributed by atoms with van der Waals surface area (Å²) in [6.45, 7) is 3.39. The lowest BCUT2D eigenvalue weighted by atomic mass is 9.81. The fraction of sp³-hybridized carbons (Fsp3) is 0.533. The van der Waals surface area contributed by atoms with Crippen LogP contribution in [0.15, 0.2) is 66.7 Å². The fourth-order valence-corrected chi connectivity index (χ4v) is 9.25. The minimum atomic E-state index is -1.76. The van der Waals surface area contributed by atoms with E-state index in [1.807, 2.05) is 67.6 Å². The molecule has 0 radical (unpaired) electrons. The van der Waals surface area contributed by atoms with Crippen molar-refractivity contribution in [1.82, 2.24) is 15.2 Å². The van der Waals surface area contributed by atoms with Crippen molar-refractivity contribution < 1.29 is 42.2 Å². The number of ether oxygens (including phenoxy) is 3. The Labute approximate surface area is 348 Å². The van der Waals surface area contributed by atoms with Gasteiger partial charge in [0.15, 0.2) is 0 Å². The number of nitrogens with one attached hydrogen (secondary N) is 1. The van der Waals surface area contributed by atoms with E-state index >= 15 is 0 Å². The molecule has 316 valence electrons. The maximum absolute atomic E-state index is 14.8. The molecule has 0 bridgehead atoms. The predicted molar refractivity (Wildman–Crippen MR) is 222 cm³/mol. The van der Waals surface area contributed by atoms with Crippen molar-refractivity contribution in [3.8, 4) is 22.8 Å². The van der Waals surface area contributed by atoms with Crippen LogP contribution in [-0.2, 0) is 35.0 Å². The number of Topliss-reactive ketones (excluding diaryl/α,β-unsaturated/α-hetero) is 1. The van der Waals surface area contributed by atoms with Crippen molar-refractivity contribution in [2.75, 3.05) is 26.8 Å². The average Bonchev–Trinajstić information content (AvgIpc) is 4.16. The highest BCUT2D eigenvalue weighted by Gasteiger charge is 2.60. The number of fused-ring (bicyclic) bond motifs is 3. The molecule has 5 aliphatic rings. The van der Waals surface area contributed by atoms with E-state index in [0.717, 1.165) is 55.2 Å². The van der Waals surface area contributed by atoms with Gasteiger partial charge in [0, 0.05) is 65.6 Å². The second kappa shape index (κ2) is 18.7. The van der Waals surface area contributed by atoms with Crippen LogP contribution in [0.25, 0.3) is 22.2 Å². The Kier molecular flexibility index (Phi) is 13.5. The van der Waals surface area contributed by atoms with Crippen molar-refractivity contribution >= 4 is 45.5 Å². The number of hydrogen-bond acceptors (Lipinski definition) is 10. The highest BCUT2D eigenvalue weighted by Crippen LogP contribution is 2.47. The highest BCUT2D eigenvalue weighted by atomic mass is 32.2. The molecule has 1 saturated heterocycles. The molecule has 3 aliphatic carbocycles. The second-order valence-electron chi connectivity index (χ2n) is 16.7. The summed E-state index contributed by atoms with van der Waals surface area (Å²) in [6, 6.07) is 17.3. The lowest BCUT2D eigenvalue weighted by molar-refractivity contribution is -0.143. The van der Waals surface area contributed by atoms with E-state index < -0.39 is 46.4 Å². The minimum absolute atomic E-state index is 0.0185. The number of carbonyl (C=O) groups excluding carboxylic acids is 4. The van der Waals surface area contributed by atoms with Gasteiger partial charge < -0.3 is 34.7 Å². The van der Waals surface area contributed by atoms with Crippen LogP contribution in [0.1, 0.15) is 77.6 Å². The standard InChI is InChI=1S/C42H50N4O7.C3H6O2S/c1-26-25-46(17-18-52-26)38(47)19-28-13-7-4-3-5-10-14-29-24-42(29,41(43)50)45-40(49)34-21-31(20-33(34)39(28)48)53-37-23-35(27-11-8-6-9-12-27)44-36-22-30(51-2)15-16-32(36)37;4-6(5)3-1-2-3/h6,8-12,14-16,22-23,26,28-29,31,33-34H,3-5,7,13,17-21,24-25H2,1-2H3,(H2,43,50)(H,45,49);3H,1-2H2,(H,4,5)/p-1/b14-10-;/t26?,28-,29-,31+,33?,34-,42-;/m1./s1. The van der Waals surface area contributed by atoms with E-state index in [4.69, 9.17) is 24.9 Å². The number of nitrogens with zero attached hydrogens (tertiary/aromatic N) is 2. The summed E-state index contributed by atoms with van der Waals surface area (Å²) in [4.78, 5) is 62.2. The predicted octanol–water partition coefficient (Wildman–Crippen LogP) is 5.42. The third kappa shape index (κ3) is 10.2. The second-order valence-corrected chi connectivity index (χ2v) is 17.9. The molecule has 8 atom stereocenters. The molecule has 2 aliphatic heterocycles. The Hall–Kier alpha value is -4.66. The Morgan fingerprint density at radius 3 is 2.53 bits per heavy atom. The van der Waals surface area contributed by atoms with Crippen LogP contribution in [0, 0.1) is 23.7 Å². The van der Waals surface area contributed by atoms with Crippen molar-refractivity contribution in [1.29, 1.82) is 0 Å². The van der Waals surface area contributed by atoms with E-state index in [0.29, 0.717) is 56.0 Å². The summed E-state index contributed by atoms with van der Waals surface area (Å²) in [7, 11) is 1.61. The van der Waals surface area contributed by atoms with Gasteiger partial charge in [-0.05, 0) is 70.4 Å². The number of ketones is 1. The van der Waals surface area contributed by atoms with Gasteiger partial charge in [-0.2, -0.15) is 0 Å². The molecule has 8 rings (SSSR count). The molecule has 0 spiro atoms. The van der Waals surface area contributed by atoms with Gasteiger partial charge in [-0.15, -0.1) is 0 Å². The van der Waals surface area contributed by atoms with Gasteiger partial charge in [0.25, 0.3) is 0 Å². The zero-order valence-corrected chi connectivity index (χ0v) is 34.7. The first kappa shape index (κ1) is 42.5. The van der Waals surface area contributed by atoms with Crippen LogP contribution in [-0.4, -0.2) is 92.0 Å². The van der Waals surface area contributed by atoms with Gasteiger partial charge in [0.2, 0.25) is 17.7 Å². The molecule has 4 fully saturated rings. The third-order valence-electron chi connectivity index (χ3n) is 12.4. The number of nitrogens with two attached hydrogens (primary N) is 1. The molecule has 14 heteroatoms. The van der Waals surface area contributed by atoms with E-state index in [1.54, 1.807) is 12.0 Å². The molecule has 3 saturated carbocycles. The monoisotopic (exact) mass is 827 g/mol. The highest BCUT2D eigenvalue weighted by molar-refractivity contribution is 7.80. The smallest absolute Gasteiger partial charge is 0.243 e.